The lowest BCUT2D eigenvalue weighted by Gasteiger charge is -2.15. The predicted octanol–water partition coefficient (Wildman–Crippen LogP) is 3.59. The van der Waals surface area contributed by atoms with Gasteiger partial charge in [-0.25, -0.2) is 9.18 Å². The van der Waals surface area contributed by atoms with E-state index in [-0.39, 0.29) is 11.5 Å². The van der Waals surface area contributed by atoms with E-state index < -0.39 is 17.8 Å². The molecular weight excluding hydrogens is 321 g/mol. The molecule has 23 heavy (non-hydrogen) atoms. The summed E-state index contributed by atoms with van der Waals surface area (Å²) in [5.74, 6) is -2.11. The van der Waals surface area contributed by atoms with Crippen molar-refractivity contribution in [2.45, 2.75) is 18.9 Å². The van der Waals surface area contributed by atoms with Crippen LogP contribution in [0.2, 0.25) is 5.02 Å². The first-order valence-corrected chi connectivity index (χ1v) is 7.46. The SMILES string of the molecule is O=C(O)c1cc(F)c2c(c1)C(NC(=O)c1ccccc1Cl)CC2. The molecule has 0 saturated heterocycles. The summed E-state index contributed by atoms with van der Waals surface area (Å²) in [5.41, 5.74) is 1.18. The van der Waals surface area contributed by atoms with Crippen LogP contribution in [0.3, 0.4) is 0 Å². The summed E-state index contributed by atoms with van der Waals surface area (Å²) in [6.07, 6.45) is 0.972. The number of carboxylic acid groups (broad SMARTS) is 1. The molecule has 0 fully saturated rings. The van der Waals surface area contributed by atoms with Crippen molar-refractivity contribution in [1.82, 2.24) is 5.32 Å². The molecule has 1 aliphatic rings. The van der Waals surface area contributed by atoms with Crippen LogP contribution in [-0.2, 0) is 6.42 Å². The smallest absolute Gasteiger partial charge is 0.335 e. The molecule has 2 aromatic rings. The molecule has 1 unspecified atom stereocenters. The molecule has 0 saturated carbocycles. The molecule has 0 radical (unpaired) electrons. The number of carbonyl (C=O) groups excluding carboxylic acids is 1. The van der Waals surface area contributed by atoms with Crippen LogP contribution in [0.4, 0.5) is 4.39 Å². The zero-order valence-electron chi connectivity index (χ0n) is 12.0. The van der Waals surface area contributed by atoms with E-state index in [1.807, 2.05) is 0 Å². The van der Waals surface area contributed by atoms with Gasteiger partial charge in [0.15, 0.2) is 0 Å². The Bertz CT molecular complexity index is 806. The number of carboxylic acids is 1. The molecule has 0 aliphatic heterocycles. The van der Waals surface area contributed by atoms with Crippen molar-refractivity contribution in [3.8, 4) is 0 Å². The minimum absolute atomic E-state index is 0.125. The topological polar surface area (TPSA) is 66.4 Å². The summed E-state index contributed by atoms with van der Waals surface area (Å²) < 4.78 is 14.0. The standard InChI is InChI=1S/C17H13ClFNO3/c18-13-4-2-1-3-11(13)16(21)20-15-6-5-10-12(15)7-9(17(22)23)8-14(10)19/h1-4,7-8,15H,5-6H2,(H,20,21)(H,22,23). The molecule has 4 nitrogen and oxygen atoms in total. The summed E-state index contributed by atoms with van der Waals surface area (Å²) in [7, 11) is 0. The van der Waals surface area contributed by atoms with Gasteiger partial charge in [-0.1, -0.05) is 23.7 Å². The summed E-state index contributed by atoms with van der Waals surface area (Å²) in [6.45, 7) is 0. The quantitative estimate of drug-likeness (QED) is 0.902. The van der Waals surface area contributed by atoms with Gasteiger partial charge in [0, 0.05) is 0 Å². The third-order valence-electron chi connectivity index (χ3n) is 3.96. The first kappa shape index (κ1) is 15.5. The monoisotopic (exact) mass is 333 g/mol. The highest BCUT2D eigenvalue weighted by Crippen LogP contribution is 2.34. The normalized spacial score (nSPS) is 16.0. The number of hydrogen-bond acceptors (Lipinski definition) is 2. The van der Waals surface area contributed by atoms with Crippen LogP contribution in [0.1, 0.15) is 44.3 Å². The highest BCUT2D eigenvalue weighted by atomic mass is 35.5. The molecular formula is C17H13ClFNO3. The number of halogens is 2. The Morgan fingerprint density at radius 1 is 1.26 bits per heavy atom. The number of amides is 1. The van der Waals surface area contributed by atoms with Crippen LogP contribution in [0.15, 0.2) is 36.4 Å². The van der Waals surface area contributed by atoms with E-state index in [0.29, 0.717) is 34.6 Å². The lowest BCUT2D eigenvalue weighted by molar-refractivity contribution is 0.0696. The zero-order valence-corrected chi connectivity index (χ0v) is 12.7. The summed E-state index contributed by atoms with van der Waals surface area (Å²) in [6, 6.07) is 8.64. The first-order chi connectivity index (χ1) is 11.0. The van der Waals surface area contributed by atoms with Gasteiger partial charge in [-0.15, -0.1) is 0 Å². The minimum Gasteiger partial charge on any atom is -0.478 e. The maximum atomic E-state index is 14.0. The Labute approximate surface area is 136 Å². The fraction of sp³-hybridized carbons (Fsp3) is 0.176. The predicted molar refractivity (Wildman–Crippen MR) is 83.3 cm³/mol. The summed E-state index contributed by atoms with van der Waals surface area (Å²) >= 11 is 6.00. The molecule has 0 spiro atoms. The third kappa shape index (κ3) is 2.92. The van der Waals surface area contributed by atoms with Gasteiger partial charge in [0.05, 0.1) is 22.2 Å². The number of benzene rings is 2. The Hall–Kier alpha value is -2.40. The largest absolute Gasteiger partial charge is 0.478 e. The maximum Gasteiger partial charge on any atom is 0.335 e. The van der Waals surface area contributed by atoms with E-state index >= 15 is 0 Å². The molecule has 3 rings (SSSR count). The number of fused-ring (bicyclic) bond motifs is 1. The van der Waals surface area contributed by atoms with Crippen molar-refractivity contribution < 1.29 is 19.1 Å². The average molecular weight is 334 g/mol. The Balaban J connectivity index is 1.89. The highest BCUT2D eigenvalue weighted by molar-refractivity contribution is 6.33. The van der Waals surface area contributed by atoms with E-state index in [9.17, 15) is 14.0 Å². The number of hydrogen-bond donors (Lipinski definition) is 2. The van der Waals surface area contributed by atoms with Gasteiger partial charge in [-0.2, -0.15) is 0 Å². The van der Waals surface area contributed by atoms with E-state index in [1.165, 1.54) is 6.07 Å². The van der Waals surface area contributed by atoms with Gasteiger partial charge in [-0.3, -0.25) is 4.79 Å². The molecule has 0 aromatic heterocycles. The molecule has 2 N–H and O–H groups in total. The van der Waals surface area contributed by atoms with E-state index in [4.69, 9.17) is 16.7 Å². The molecule has 1 amide bonds. The van der Waals surface area contributed by atoms with Crippen LogP contribution in [0.5, 0.6) is 0 Å². The van der Waals surface area contributed by atoms with Gasteiger partial charge >= 0.3 is 5.97 Å². The Morgan fingerprint density at radius 2 is 2.00 bits per heavy atom. The second-order valence-electron chi connectivity index (χ2n) is 5.38. The van der Waals surface area contributed by atoms with Gasteiger partial charge < -0.3 is 10.4 Å². The van der Waals surface area contributed by atoms with Gasteiger partial charge in [0.1, 0.15) is 5.82 Å². The lowest BCUT2D eigenvalue weighted by Crippen LogP contribution is -2.27. The van der Waals surface area contributed by atoms with E-state index in [1.54, 1.807) is 24.3 Å². The van der Waals surface area contributed by atoms with Crippen molar-refractivity contribution in [2.75, 3.05) is 0 Å². The maximum absolute atomic E-state index is 14.0. The molecule has 2 aromatic carbocycles. The number of rotatable bonds is 3. The Kier molecular flexibility index (Phi) is 4.05. The second kappa shape index (κ2) is 6.01. The van der Waals surface area contributed by atoms with Crippen molar-refractivity contribution in [3.05, 3.63) is 69.5 Å². The van der Waals surface area contributed by atoms with Crippen LogP contribution in [0.25, 0.3) is 0 Å². The number of nitrogens with one attached hydrogen (secondary N) is 1. The van der Waals surface area contributed by atoms with E-state index in [2.05, 4.69) is 5.32 Å². The number of aromatic carboxylic acids is 1. The molecule has 118 valence electrons. The molecule has 0 heterocycles. The second-order valence-corrected chi connectivity index (χ2v) is 5.78. The van der Waals surface area contributed by atoms with Crippen LogP contribution >= 0.6 is 11.6 Å². The highest BCUT2D eigenvalue weighted by Gasteiger charge is 2.28. The van der Waals surface area contributed by atoms with Crippen LogP contribution in [0, 0.1) is 5.82 Å². The number of carbonyl (C=O) groups is 2. The van der Waals surface area contributed by atoms with Crippen molar-refractivity contribution >= 4 is 23.5 Å². The van der Waals surface area contributed by atoms with Crippen molar-refractivity contribution in [1.29, 1.82) is 0 Å². The van der Waals surface area contributed by atoms with Gasteiger partial charge in [-0.05, 0) is 48.2 Å². The molecule has 1 atom stereocenters. The lowest BCUT2D eigenvalue weighted by atomic mass is 10.0. The fourth-order valence-electron chi connectivity index (χ4n) is 2.83. The zero-order chi connectivity index (χ0) is 16.6. The fourth-order valence-corrected chi connectivity index (χ4v) is 3.05. The third-order valence-corrected chi connectivity index (χ3v) is 4.29. The molecule has 1 aliphatic carbocycles. The molecule has 6 heteroatoms. The minimum atomic E-state index is -1.20. The van der Waals surface area contributed by atoms with Gasteiger partial charge in [0.2, 0.25) is 0 Å². The first-order valence-electron chi connectivity index (χ1n) is 7.08. The summed E-state index contributed by atoms with van der Waals surface area (Å²) in [4.78, 5) is 23.4. The molecule has 0 bridgehead atoms. The summed E-state index contributed by atoms with van der Waals surface area (Å²) in [5, 5.41) is 12.2. The van der Waals surface area contributed by atoms with Crippen LogP contribution in [-0.4, -0.2) is 17.0 Å². The van der Waals surface area contributed by atoms with Gasteiger partial charge in [0.25, 0.3) is 5.91 Å². The van der Waals surface area contributed by atoms with E-state index in [0.717, 1.165) is 6.07 Å². The van der Waals surface area contributed by atoms with Crippen LogP contribution < -0.4 is 5.32 Å². The average Bonchev–Trinajstić information content (AvgIpc) is 2.91. The Morgan fingerprint density at radius 3 is 2.70 bits per heavy atom. The van der Waals surface area contributed by atoms with Crippen molar-refractivity contribution in [3.63, 3.8) is 0 Å². The van der Waals surface area contributed by atoms with Crippen molar-refractivity contribution in [2.24, 2.45) is 0 Å².